The van der Waals surface area contributed by atoms with E-state index in [0.717, 1.165) is 29.6 Å². The first-order valence-electron chi connectivity index (χ1n) is 11.8. The quantitative estimate of drug-likeness (QED) is 0.205. The molecule has 1 aliphatic rings. The van der Waals surface area contributed by atoms with Gasteiger partial charge >= 0.3 is 0 Å². The Labute approximate surface area is 160 Å². The Balaban J connectivity index is 2.34. The summed E-state index contributed by atoms with van der Waals surface area (Å²) in [6.07, 6.45) is 19.3. The van der Waals surface area contributed by atoms with Gasteiger partial charge in [-0.2, -0.15) is 0 Å². The molecule has 0 saturated heterocycles. The lowest BCUT2D eigenvalue weighted by Crippen LogP contribution is -2.01. The fourth-order valence-corrected chi connectivity index (χ4v) is 5.19. The predicted molar refractivity (Wildman–Crippen MR) is 115 cm³/mol. The molecule has 0 spiro atoms. The summed E-state index contributed by atoms with van der Waals surface area (Å²) in [4.78, 5) is 0. The monoisotopic (exact) mass is 348 g/mol. The molecule has 148 valence electrons. The van der Waals surface area contributed by atoms with Crippen molar-refractivity contribution in [2.24, 2.45) is 29.6 Å². The third kappa shape index (κ3) is 8.31. The maximum Gasteiger partial charge on any atom is -0.0286 e. The van der Waals surface area contributed by atoms with E-state index < -0.39 is 0 Å². The van der Waals surface area contributed by atoms with Crippen molar-refractivity contribution in [2.75, 3.05) is 0 Å². The molecule has 0 aromatic heterocycles. The molecule has 0 bridgehead atoms. The lowest BCUT2D eigenvalue weighted by Gasteiger charge is -2.14. The van der Waals surface area contributed by atoms with Gasteiger partial charge in [0, 0.05) is 0 Å². The molecule has 0 heterocycles. The maximum absolute atomic E-state index is 2.56. The minimum absolute atomic E-state index is 0.946. The van der Waals surface area contributed by atoms with Crippen LogP contribution in [0.4, 0.5) is 0 Å². The fraction of sp³-hybridized carbons (Fsp3) is 0.920. The summed E-state index contributed by atoms with van der Waals surface area (Å²) in [7, 11) is 0. The Morgan fingerprint density at radius 3 is 2.28 bits per heavy atom. The highest BCUT2D eigenvalue weighted by Crippen LogP contribution is 2.55. The first-order chi connectivity index (χ1) is 12.1. The molecule has 0 N–H and O–H groups in total. The molecule has 0 aromatic rings. The van der Waals surface area contributed by atoms with Crippen molar-refractivity contribution in [2.45, 2.75) is 119 Å². The van der Waals surface area contributed by atoms with E-state index in [2.05, 4.69) is 47.6 Å². The second-order valence-electron chi connectivity index (χ2n) is 9.00. The minimum atomic E-state index is 0.946. The summed E-state index contributed by atoms with van der Waals surface area (Å²) in [6.45, 7) is 14.4. The van der Waals surface area contributed by atoms with Gasteiger partial charge in [0.1, 0.15) is 0 Å². The SMILES string of the molecule is CCC=C(CCCCC(CC)CCC)CC1C(C)C1C(C)CCCC. The first kappa shape index (κ1) is 22.8. The summed E-state index contributed by atoms with van der Waals surface area (Å²) < 4.78 is 0. The highest BCUT2D eigenvalue weighted by molar-refractivity contribution is 5.09. The van der Waals surface area contributed by atoms with Crippen LogP contribution in [0.2, 0.25) is 0 Å². The Morgan fingerprint density at radius 2 is 1.68 bits per heavy atom. The third-order valence-corrected chi connectivity index (χ3v) is 6.93. The van der Waals surface area contributed by atoms with E-state index >= 15 is 0 Å². The van der Waals surface area contributed by atoms with Crippen molar-refractivity contribution >= 4 is 0 Å². The summed E-state index contributed by atoms with van der Waals surface area (Å²) in [5.41, 5.74) is 1.79. The van der Waals surface area contributed by atoms with Crippen LogP contribution >= 0.6 is 0 Å². The zero-order valence-electron chi connectivity index (χ0n) is 18.4. The van der Waals surface area contributed by atoms with Crippen LogP contribution in [0, 0.1) is 29.6 Å². The molecule has 0 radical (unpaired) electrons. The van der Waals surface area contributed by atoms with E-state index in [1.807, 2.05) is 0 Å². The van der Waals surface area contributed by atoms with Crippen molar-refractivity contribution in [3.8, 4) is 0 Å². The van der Waals surface area contributed by atoms with E-state index in [9.17, 15) is 0 Å². The standard InChI is InChI=1S/C25H48/c1-7-11-16-20(5)25-21(6)24(25)19-23(15-9-3)18-13-12-17-22(10-4)14-8-2/h15,20-22,24-25H,7-14,16-19H2,1-6H3. The molecule has 5 unspecified atom stereocenters. The average Bonchev–Trinajstić information content (AvgIpc) is 3.24. The average molecular weight is 349 g/mol. The molecule has 1 saturated carbocycles. The molecular weight excluding hydrogens is 300 g/mol. The van der Waals surface area contributed by atoms with Gasteiger partial charge in [0.2, 0.25) is 0 Å². The zero-order chi connectivity index (χ0) is 18.7. The summed E-state index contributed by atoms with van der Waals surface area (Å²) in [5, 5.41) is 0. The second kappa shape index (κ2) is 13.0. The molecule has 0 aromatic carbocycles. The van der Waals surface area contributed by atoms with Crippen LogP contribution in [0.1, 0.15) is 119 Å². The van der Waals surface area contributed by atoms with Crippen LogP contribution in [0.25, 0.3) is 0 Å². The van der Waals surface area contributed by atoms with Gasteiger partial charge in [0.15, 0.2) is 0 Å². The topological polar surface area (TPSA) is 0 Å². The molecule has 1 fully saturated rings. The molecule has 5 atom stereocenters. The highest BCUT2D eigenvalue weighted by Gasteiger charge is 2.48. The zero-order valence-corrected chi connectivity index (χ0v) is 18.4. The van der Waals surface area contributed by atoms with E-state index in [1.54, 1.807) is 5.57 Å². The largest absolute Gasteiger partial charge is 0.0856 e. The first-order valence-corrected chi connectivity index (χ1v) is 11.8. The van der Waals surface area contributed by atoms with Crippen LogP contribution < -0.4 is 0 Å². The molecule has 0 nitrogen and oxygen atoms in total. The minimum Gasteiger partial charge on any atom is -0.0856 e. The van der Waals surface area contributed by atoms with Crippen LogP contribution in [0.3, 0.4) is 0 Å². The second-order valence-corrected chi connectivity index (χ2v) is 9.00. The van der Waals surface area contributed by atoms with Crippen molar-refractivity contribution in [1.29, 1.82) is 0 Å². The van der Waals surface area contributed by atoms with Crippen LogP contribution in [0.5, 0.6) is 0 Å². The van der Waals surface area contributed by atoms with Crippen molar-refractivity contribution < 1.29 is 0 Å². The maximum atomic E-state index is 2.56. The molecule has 0 amide bonds. The Hall–Kier alpha value is -0.260. The van der Waals surface area contributed by atoms with Crippen LogP contribution in [0.15, 0.2) is 11.6 Å². The van der Waals surface area contributed by atoms with Gasteiger partial charge in [-0.15, -0.1) is 0 Å². The summed E-state index contributed by atoms with van der Waals surface area (Å²) in [6, 6.07) is 0. The van der Waals surface area contributed by atoms with E-state index in [4.69, 9.17) is 0 Å². The predicted octanol–water partition coefficient (Wildman–Crippen LogP) is 8.81. The molecule has 0 aliphatic heterocycles. The van der Waals surface area contributed by atoms with Gasteiger partial charge in [-0.05, 0) is 55.3 Å². The van der Waals surface area contributed by atoms with Gasteiger partial charge in [-0.25, -0.2) is 0 Å². The third-order valence-electron chi connectivity index (χ3n) is 6.93. The van der Waals surface area contributed by atoms with Gasteiger partial charge in [0.05, 0.1) is 0 Å². The smallest absolute Gasteiger partial charge is 0.0286 e. The van der Waals surface area contributed by atoms with Gasteiger partial charge < -0.3 is 0 Å². The molecule has 25 heavy (non-hydrogen) atoms. The normalized spacial score (nSPS) is 25.8. The molecule has 1 aliphatic carbocycles. The number of hydrogen-bond acceptors (Lipinski definition) is 0. The Morgan fingerprint density at radius 1 is 0.920 bits per heavy atom. The molecular formula is C25H48. The number of allylic oxidation sites excluding steroid dienone is 2. The lowest BCUT2D eigenvalue weighted by atomic mass is 9.92. The van der Waals surface area contributed by atoms with Crippen molar-refractivity contribution in [3.63, 3.8) is 0 Å². The number of hydrogen-bond donors (Lipinski definition) is 0. The van der Waals surface area contributed by atoms with E-state index in [0.29, 0.717) is 0 Å². The van der Waals surface area contributed by atoms with E-state index in [-0.39, 0.29) is 0 Å². The van der Waals surface area contributed by atoms with Crippen LogP contribution in [-0.2, 0) is 0 Å². The number of unbranched alkanes of at least 4 members (excludes halogenated alkanes) is 2. The van der Waals surface area contributed by atoms with Crippen LogP contribution in [-0.4, -0.2) is 0 Å². The van der Waals surface area contributed by atoms with Gasteiger partial charge in [-0.3, -0.25) is 0 Å². The summed E-state index contributed by atoms with van der Waals surface area (Å²) >= 11 is 0. The van der Waals surface area contributed by atoms with Crippen molar-refractivity contribution in [1.82, 2.24) is 0 Å². The van der Waals surface area contributed by atoms with Crippen molar-refractivity contribution in [3.05, 3.63) is 11.6 Å². The van der Waals surface area contributed by atoms with E-state index in [1.165, 1.54) is 77.0 Å². The molecule has 1 rings (SSSR count). The lowest BCUT2D eigenvalue weighted by molar-refractivity contribution is 0.409. The molecule has 0 heteroatoms. The Kier molecular flexibility index (Phi) is 11.8. The highest BCUT2D eigenvalue weighted by atomic mass is 14.5. The van der Waals surface area contributed by atoms with Gasteiger partial charge in [0.25, 0.3) is 0 Å². The number of rotatable bonds is 15. The Bertz CT molecular complexity index is 353. The summed E-state index contributed by atoms with van der Waals surface area (Å²) in [5.74, 6) is 4.91. The fourth-order valence-electron chi connectivity index (χ4n) is 5.19. The van der Waals surface area contributed by atoms with Gasteiger partial charge in [-0.1, -0.05) is 105 Å².